The van der Waals surface area contributed by atoms with Crippen LogP contribution >= 0.6 is 0 Å². The molecule has 0 unspecified atom stereocenters. The van der Waals surface area contributed by atoms with Crippen molar-refractivity contribution in [1.82, 2.24) is 19.9 Å². The Labute approximate surface area is 520 Å². The maximum absolute atomic E-state index is 7.57. The maximum atomic E-state index is 7.57. The number of hydrogen-bond donors (Lipinski definition) is 3. The molecule has 3 N–H and O–H groups in total. The number of ether oxygens (including phenoxy) is 2. The molecular weight excluding hydrogens is 1390 g/mol. The van der Waals surface area contributed by atoms with Gasteiger partial charge in [-0.3, -0.25) is 4.98 Å². The summed E-state index contributed by atoms with van der Waals surface area (Å²) >= 11 is 0. The van der Waals surface area contributed by atoms with Crippen molar-refractivity contribution >= 4 is 0 Å². The molecule has 0 saturated carbocycles. The first-order valence-corrected chi connectivity index (χ1v) is 26.9. The summed E-state index contributed by atoms with van der Waals surface area (Å²) in [6.45, 7) is 24.2. The minimum absolute atomic E-state index is 0. The van der Waals surface area contributed by atoms with Crippen LogP contribution in [0.2, 0.25) is 0 Å². The minimum Gasteiger partial charge on any atom is -0.501 e. The molecule has 436 valence electrons. The summed E-state index contributed by atoms with van der Waals surface area (Å²) in [7, 11) is 2.00. The number of aliphatic hydroxyl groups is 3. The van der Waals surface area contributed by atoms with E-state index in [0.29, 0.717) is 0 Å². The average Bonchev–Trinajstić information content (AvgIpc) is 2.20. The van der Waals surface area contributed by atoms with E-state index in [1.807, 2.05) is 128 Å². The van der Waals surface area contributed by atoms with E-state index in [4.69, 9.17) is 24.8 Å². The molecule has 4 aromatic heterocycles. The number of aliphatic hydroxyl groups excluding tert-OH is 3. The molecule has 2 aliphatic heterocycles. The zero-order chi connectivity index (χ0) is 59.0. The van der Waals surface area contributed by atoms with Crippen LogP contribution in [-0.2, 0) is 51.0 Å². The normalized spacial score (nSPS) is 11.6. The van der Waals surface area contributed by atoms with Gasteiger partial charge in [0.05, 0.1) is 5.69 Å². The molecule has 0 fully saturated rings. The number of para-hydroxylation sites is 2. The van der Waals surface area contributed by atoms with Gasteiger partial charge in [0.2, 0.25) is 0 Å². The molecule has 0 amide bonds. The molecule has 0 atom stereocenters. The third-order valence-electron chi connectivity index (χ3n) is 13.4. The number of hydrogen-bond acceptors (Lipinski definition) is 9. The second-order valence-electron chi connectivity index (χ2n) is 19.4. The molecule has 83 heavy (non-hydrogen) atoms. The standard InChI is InChI=1S/2C20H16NO.C13H13N.C13H12N.C2H6O.C2H5.2CH4O.2Ir/c2*1-20(2)15-7-3-4-9-18(15)22-19-11-10-14(13-16(19)20)17-8-5-6-12-21-17;2*1-10-8-13(14-9-11(10)2)12-6-4-3-5-7-12;1-2-3;3*1-2;;/h2*3-9,11-13H,1-2H3;3-9H,1-2H3;3-6,8-9H,1-2H3;3H,2H2,1H3;1H2,2H3;2*2H,1H3;;/q2*-1;;-1;;-1;;;;. The zero-order valence-electron chi connectivity index (χ0n) is 49.6. The van der Waals surface area contributed by atoms with Crippen molar-refractivity contribution in [2.75, 3.05) is 20.8 Å². The first-order valence-electron chi connectivity index (χ1n) is 26.9. The summed E-state index contributed by atoms with van der Waals surface area (Å²) in [4.78, 5) is 17.6. The molecule has 12 rings (SSSR count). The minimum atomic E-state index is -0.108. The Balaban J connectivity index is 0.000000280. The molecule has 2 radical (unpaired) electrons. The van der Waals surface area contributed by atoms with Crippen LogP contribution in [0.4, 0.5) is 0 Å². The smallest absolute Gasteiger partial charge is 0.118 e. The molecule has 0 aliphatic carbocycles. The third-order valence-corrected chi connectivity index (χ3v) is 13.4. The first-order chi connectivity index (χ1) is 39.3. The van der Waals surface area contributed by atoms with Crippen LogP contribution < -0.4 is 9.47 Å². The molecule has 0 bridgehead atoms. The Morgan fingerprint density at radius 2 is 0.819 bits per heavy atom. The van der Waals surface area contributed by atoms with Crippen LogP contribution in [0.5, 0.6) is 23.0 Å². The summed E-state index contributed by atoms with van der Waals surface area (Å²) < 4.78 is 12.1. The average molecular weight is 1460 g/mol. The van der Waals surface area contributed by atoms with Crippen LogP contribution in [-0.4, -0.2) is 56.1 Å². The van der Waals surface area contributed by atoms with E-state index in [-0.39, 0.29) is 57.6 Å². The van der Waals surface area contributed by atoms with Crippen LogP contribution in [0.15, 0.2) is 201 Å². The molecule has 9 nitrogen and oxygen atoms in total. The monoisotopic (exact) mass is 1460 g/mol. The van der Waals surface area contributed by atoms with Crippen molar-refractivity contribution in [3.8, 4) is 68.0 Å². The Morgan fingerprint density at radius 1 is 0.422 bits per heavy atom. The van der Waals surface area contributed by atoms with Crippen molar-refractivity contribution in [3.05, 3.63) is 270 Å². The molecule has 10 aromatic rings. The van der Waals surface area contributed by atoms with Gasteiger partial charge < -0.3 is 46.7 Å². The van der Waals surface area contributed by atoms with Gasteiger partial charge in [0.25, 0.3) is 0 Å². The maximum Gasteiger partial charge on any atom is 0.118 e. The van der Waals surface area contributed by atoms with E-state index in [2.05, 4.69) is 161 Å². The molecule has 2 aliphatic rings. The van der Waals surface area contributed by atoms with Gasteiger partial charge in [-0.25, -0.2) is 0 Å². The molecule has 6 aromatic carbocycles. The molecule has 0 spiro atoms. The summed E-state index contributed by atoms with van der Waals surface area (Å²) in [6, 6.07) is 68.6. The van der Waals surface area contributed by atoms with Gasteiger partial charge in [-0.1, -0.05) is 141 Å². The second kappa shape index (κ2) is 35.0. The summed E-state index contributed by atoms with van der Waals surface area (Å²) in [5.74, 6) is 3.62. The number of nitrogens with zero attached hydrogens (tertiary/aromatic N) is 4. The topological polar surface area (TPSA) is 131 Å². The van der Waals surface area contributed by atoms with Crippen molar-refractivity contribution in [2.45, 2.75) is 80.1 Å². The second-order valence-corrected chi connectivity index (χ2v) is 19.4. The van der Waals surface area contributed by atoms with E-state index < -0.39 is 0 Å². The summed E-state index contributed by atoms with van der Waals surface area (Å²) in [5, 5.41) is 21.6. The van der Waals surface area contributed by atoms with Crippen molar-refractivity contribution in [1.29, 1.82) is 0 Å². The largest absolute Gasteiger partial charge is 0.501 e. The number of pyridine rings is 4. The van der Waals surface area contributed by atoms with Gasteiger partial charge in [0.1, 0.15) is 11.5 Å². The summed E-state index contributed by atoms with van der Waals surface area (Å²) in [6.07, 6.45) is 7.45. The SMILES string of the molecule is CC1(C)c2ccccc2Oc2c[c-]c(-c3ccccn3)cc21.CC1(C)c2ccccc2Oc2c[c-]c(-c3ccccn3)cc21.CCO.CO.CO.Cc1cnc(-c2[c-]cccc2)cc1C.Cc1cnc(-c2ccccc2)cc1C.[CH2-]C.[Ir].[Ir]. The van der Waals surface area contributed by atoms with Crippen LogP contribution in [0.1, 0.15) is 86.1 Å². The molecule has 6 heterocycles. The summed E-state index contributed by atoms with van der Waals surface area (Å²) in [5.41, 5.74) is 17.7. The van der Waals surface area contributed by atoms with Crippen molar-refractivity contribution in [3.63, 3.8) is 0 Å². The Kier molecular flexibility index (Phi) is 29.5. The Bertz CT molecular complexity index is 3260. The van der Waals surface area contributed by atoms with Gasteiger partial charge in [-0.05, 0) is 98.7 Å². The van der Waals surface area contributed by atoms with Gasteiger partial charge >= 0.3 is 0 Å². The number of benzene rings is 6. The first kappa shape index (κ1) is 70.0. The number of aryl methyl sites for hydroxylation is 4. The Hall–Kier alpha value is -7.30. The van der Waals surface area contributed by atoms with E-state index in [1.165, 1.54) is 50.1 Å². The van der Waals surface area contributed by atoms with Gasteiger partial charge in [-0.15, -0.1) is 83.4 Å². The van der Waals surface area contributed by atoms with Crippen molar-refractivity contribution in [2.24, 2.45) is 0 Å². The third kappa shape index (κ3) is 18.3. The van der Waals surface area contributed by atoms with Crippen LogP contribution in [0.25, 0.3) is 45.0 Å². The van der Waals surface area contributed by atoms with E-state index in [0.717, 1.165) is 76.7 Å². The fraction of sp³-hybridized carbons (Fsp3) is 0.208. The van der Waals surface area contributed by atoms with E-state index in [1.54, 1.807) is 26.2 Å². The molecule has 11 heteroatoms. The number of aromatic nitrogens is 4. The molecular formula is C72H76Ir2N4O5-4. The Morgan fingerprint density at radius 3 is 1.23 bits per heavy atom. The number of rotatable bonds is 4. The van der Waals surface area contributed by atoms with Crippen LogP contribution in [0, 0.1) is 52.8 Å². The van der Waals surface area contributed by atoms with Gasteiger partial charge in [0, 0.05) is 125 Å². The predicted octanol–water partition coefficient (Wildman–Crippen LogP) is 16.5. The quantitative estimate of drug-likeness (QED) is 0.147. The van der Waals surface area contributed by atoms with Gasteiger partial charge in [0.15, 0.2) is 0 Å². The number of fused-ring (bicyclic) bond motifs is 4. The van der Waals surface area contributed by atoms with Crippen molar-refractivity contribution < 1.29 is 65.0 Å². The molecule has 0 saturated heterocycles. The fourth-order valence-electron chi connectivity index (χ4n) is 8.83. The van der Waals surface area contributed by atoms with E-state index >= 15 is 0 Å². The zero-order valence-corrected chi connectivity index (χ0v) is 54.4. The fourth-order valence-corrected chi connectivity index (χ4v) is 8.83. The van der Waals surface area contributed by atoms with Crippen LogP contribution in [0.3, 0.4) is 0 Å². The van der Waals surface area contributed by atoms with E-state index in [9.17, 15) is 0 Å². The predicted molar refractivity (Wildman–Crippen MR) is 332 cm³/mol. The van der Waals surface area contributed by atoms with Gasteiger partial charge in [-0.2, -0.15) is 6.92 Å².